The molecule has 1 N–H and O–H groups in total. The Morgan fingerprint density at radius 3 is 2.89 bits per heavy atom. The molecule has 0 saturated carbocycles. The lowest BCUT2D eigenvalue weighted by atomic mass is 10.2. The van der Waals surface area contributed by atoms with Crippen LogP contribution >= 0.6 is 15.9 Å². The Bertz CT molecular complexity index is 629. The van der Waals surface area contributed by atoms with Gasteiger partial charge in [-0.2, -0.15) is 5.10 Å². The molecule has 0 bridgehead atoms. The largest absolute Gasteiger partial charge is 0.374 e. The van der Waals surface area contributed by atoms with Crippen LogP contribution in [0.1, 0.15) is 5.69 Å². The van der Waals surface area contributed by atoms with Gasteiger partial charge in [-0.1, -0.05) is 0 Å². The molecule has 1 heterocycles. The molecule has 1 aromatic carbocycles. The van der Waals surface area contributed by atoms with E-state index in [1.165, 1.54) is 0 Å². The van der Waals surface area contributed by atoms with E-state index in [9.17, 15) is 14.5 Å². The number of hydrogen-bond acceptors (Lipinski definition) is 4. The number of nitro groups is 1. The molecule has 0 spiro atoms. The molecule has 0 radical (unpaired) electrons. The van der Waals surface area contributed by atoms with E-state index in [4.69, 9.17) is 0 Å². The second-order valence-corrected chi connectivity index (χ2v) is 4.73. The van der Waals surface area contributed by atoms with Gasteiger partial charge in [0.1, 0.15) is 11.5 Å². The van der Waals surface area contributed by atoms with Crippen molar-refractivity contribution >= 4 is 27.3 Å². The van der Waals surface area contributed by atoms with Crippen LogP contribution in [0, 0.1) is 15.9 Å². The van der Waals surface area contributed by atoms with Crippen LogP contribution in [0.25, 0.3) is 0 Å². The van der Waals surface area contributed by atoms with Crippen LogP contribution in [0.3, 0.4) is 0 Å². The number of benzene rings is 1. The quantitative estimate of drug-likeness (QED) is 0.691. The fourth-order valence-corrected chi connectivity index (χ4v) is 1.90. The molecule has 2 aromatic rings. The molecular formula is C11H10BrFN4O2. The lowest BCUT2D eigenvalue weighted by Crippen LogP contribution is -2.04. The van der Waals surface area contributed by atoms with Crippen molar-refractivity contribution in [1.29, 1.82) is 0 Å². The Morgan fingerprint density at radius 2 is 2.32 bits per heavy atom. The summed E-state index contributed by atoms with van der Waals surface area (Å²) in [6.45, 7) is 0.281. The van der Waals surface area contributed by atoms with E-state index < -0.39 is 10.7 Å². The van der Waals surface area contributed by atoms with Gasteiger partial charge in [-0.15, -0.1) is 0 Å². The normalized spacial score (nSPS) is 10.5. The van der Waals surface area contributed by atoms with Crippen LogP contribution in [0.2, 0.25) is 0 Å². The van der Waals surface area contributed by atoms with Crippen molar-refractivity contribution in [2.45, 2.75) is 6.54 Å². The number of halogens is 2. The van der Waals surface area contributed by atoms with Crippen molar-refractivity contribution in [3.8, 4) is 0 Å². The van der Waals surface area contributed by atoms with Crippen LogP contribution in [0.5, 0.6) is 0 Å². The van der Waals surface area contributed by atoms with E-state index in [-0.39, 0.29) is 22.4 Å². The molecule has 0 unspecified atom stereocenters. The summed E-state index contributed by atoms with van der Waals surface area (Å²) in [5.74, 6) is -0.561. The minimum Gasteiger partial charge on any atom is -0.374 e. The summed E-state index contributed by atoms with van der Waals surface area (Å²) in [5, 5.41) is 17.8. The van der Waals surface area contributed by atoms with Gasteiger partial charge in [-0.3, -0.25) is 14.8 Å². The molecule has 0 fully saturated rings. The van der Waals surface area contributed by atoms with Crippen molar-refractivity contribution in [2.24, 2.45) is 7.05 Å². The minimum absolute atomic E-state index is 0.0580. The second kappa shape index (κ2) is 5.35. The van der Waals surface area contributed by atoms with E-state index in [2.05, 4.69) is 26.3 Å². The first kappa shape index (κ1) is 13.5. The molecule has 0 aliphatic carbocycles. The number of rotatable bonds is 4. The molecule has 0 aliphatic rings. The van der Waals surface area contributed by atoms with Gasteiger partial charge in [-0.05, 0) is 22.0 Å². The zero-order chi connectivity index (χ0) is 14.0. The maximum absolute atomic E-state index is 13.4. The number of anilines is 1. The van der Waals surface area contributed by atoms with Gasteiger partial charge in [-0.25, -0.2) is 4.39 Å². The highest BCUT2D eigenvalue weighted by Crippen LogP contribution is 2.30. The summed E-state index contributed by atoms with van der Waals surface area (Å²) in [6.07, 6.45) is 1.76. The minimum atomic E-state index is -0.565. The molecule has 0 amide bonds. The monoisotopic (exact) mass is 328 g/mol. The predicted octanol–water partition coefficient (Wildman–Crippen LogP) is 2.84. The summed E-state index contributed by atoms with van der Waals surface area (Å²) >= 11 is 2.92. The molecule has 6 nitrogen and oxygen atoms in total. The molecule has 0 saturated heterocycles. The Labute approximate surface area is 116 Å². The molecule has 100 valence electrons. The van der Waals surface area contributed by atoms with Crippen molar-refractivity contribution in [3.05, 3.63) is 50.5 Å². The Morgan fingerprint density at radius 1 is 1.58 bits per heavy atom. The molecule has 0 aliphatic heterocycles. The lowest BCUT2D eigenvalue weighted by molar-refractivity contribution is -0.384. The number of aryl methyl sites for hydroxylation is 1. The van der Waals surface area contributed by atoms with Crippen molar-refractivity contribution < 1.29 is 9.31 Å². The Hall–Kier alpha value is -1.96. The number of nitrogens with one attached hydrogen (secondary N) is 1. The third kappa shape index (κ3) is 3.08. The lowest BCUT2D eigenvalue weighted by Gasteiger charge is -2.06. The van der Waals surface area contributed by atoms with Gasteiger partial charge >= 0.3 is 0 Å². The molecule has 8 heteroatoms. The number of hydrogen-bond donors (Lipinski definition) is 1. The Balaban J connectivity index is 2.23. The van der Waals surface area contributed by atoms with Gasteiger partial charge in [0.2, 0.25) is 0 Å². The van der Waals surface area contributed by atoms with Gasteiger partial charge in [0.05, 0.1) is 21.6 Å². The third-order valence-corrected chi connectivity index (χ3v) is 3.07. The fraction of sp³-hybridized carbons (Fsp3) is 0.182. The molecule has 2 rings (SSSR count). The summed E-state index contributed by atoms with van der Waals surface area (Å²) in [6, 6.07) is 4.00. The maximum Gasteiger partial charge on any atom is 0.293 e. The Kier molecular flexibility index (Phi) is 3.79. The highest BCUT2D eigenvalue weighted by atomic mass is 79.9. The first-order valence-corrected chi connectivity index (χ1v) is 6.12. The van der Waals surface area contributed by atoms with Crippen LogP contribution in [0.4, 0.5) is 15.8 Å². The topological polar surface area (TPSA) is 73.0 Å². The van der Waals surface area contributed by atoms with Gasteiger partial charge < -0.3 is 5.32 Å². The molecule has 19 heavy (non-hydrogen) atoms. The first-order chi connectivity index (χ1) is 8.97. The SMILES string of the molecule is Cn1ccc(CNc2cc(F)c(Br)cc2[N+](=O)[O-])n1. The fourth-order valence-electron chi connectivity index (χ4n) is 1.57. The smallest absolute Gasteiger partial charge is 0.293 e. The molecule has 0 atom stereocenters. The van der Waals surface area contributed by atoms with Gasteiger partial charge in [0.25, 0.3) is 5.69 Å². The van der Waals surface area contributed by atoms with E-state index in [0.29, 0.717) is 5.69 Å². The average molecular weight is 329 g/mol. The summed E-state index contributed by atoms with van der Waals surface area (Å²) < 4.78 is 15.1. The second-order valence-electron chi connectivity index (χ2n) is 3.87. The van der Waals surface area contributed by atoms with Crippen LogP contribution in [0.15, 0.2) is 28.9 Å². The van der Waals surface area contributed by atoms with E-state index in [1.54, 1.807) is 24.0 Å². The summed E-state index contributed by atoms with van der Waals surface area (Å²) in [4.78, 5) is 10.3. The van der Waals surface area contributed by atoms with Crippen molar-refractivity contribution in [1.82, 2.24) is 9.78 Å². The molecule has 1 aromatic heterocycles. The van der Waals surface area contributed by atoms with Crippen LogP contribution < -0.4 is 5.32 Å². The maximum atomic E-state index is 13.4. The van der Waals surface area contributed by atoms with E-state index in [1.807, 2.05) is 0 Å². The molecular weight excluding hydrogens is 319 g/mol. The number of nitro benzene ring substituents is 1. The van der Waals surface area contributed by atoms with Crippen molar-refractivity contribution in [3.63, 3.8) is 0 Å². The summed E-state index contributed by atoms with van der Waals surface area (Å²) in [5.41, 5.74) is 0.640. The zero-order valence-electron chi connectivity index (χ0n) is 9.93. The zero-order valence-corrected chi connectivity index (χ0v) is 11.5. The van der Waals surface area contributed by atoms with E-state index >= 15 is 0 Å². The highest BCUT2D eigenvalue weighted by molar-refractivity contribution is 9.10. The number of aromatic nitrogens is 2. The third-order valence-electron chi connectivity index (χ3n) is 2.46. The standard InChI is InChI=1S/C11H10BrFN4O2/c1-16-3-2-7(15-16)6-14-10-5-9(13)8(12)4-11(10)17(18)19/h2-5,14H,6H2,1H3. The van der Waals surface area contributed by atoms with Gasteiger partial charge in [0, 0.05) is 25.4 Å². The predicted molar refractivity (Wildman–Crippen MR) is 71.3 cm³/mol. The highest BCUT2D eigenvalue weighted by Gasteiger charge is 2.17. The van der Waals surface area contributed by atoms with Crippen LogP contribution in [-0.2, 0) is 13.6 Å². The summed E-state index contributed by atoms with van der Waals surface area (Å²) in [7, 11) is 1.77. The van der Waals surface area contributed by atoms with Crippen LogP contribution in [-0.4, -0.2) is 14.7 Å². The first-order valence-electron chi connectivity index (χ1n) is 5.33. The number of nitrogens with zero attached hydrogens (tertiary/aromatic N) is 3. The average Bonchev–Trinajstić information content (AvgIpc) is 2.76. The van der Waals surface area contributed by atoms with Gasteiger partial charge in [0.15, 0.2) is 0 Å². The van der Waals surface area contributed by atoms with E-state index in [0.717, 1.165) is 12.1 Å². The van der Waals surface area contributed by atoms with Crippen molar-refractivity contribution in [2.75, 3.05) is 5.32 Å².